The summed E-state index contributed by atoms with van der Waals surface area (Å²) in [6, 6.07) is 5.21. The van der Waals surface area contributed by atoms with Crippen LogP contribution in [0.25, 0.3) is 0 Å². The molecule has 3 aliphatic carbocycles. The van der Waals surface area contributed by atoms with Crippen LogP contribution >= 0.6 is 23.2 Å². The molecular weight excluding hydrogens is 283 g/mol. The number of benzene rings is 1. The van der Waals surface area contributed by atoms with Crippen molar-refractivity contribution < 1.29 is 12.9 Å². The van der Waals surface area contributed by atoms with Crippen molar-refractivity contribution in [3.8, 4) is 0 Å². The quantitative estimate of drug-likeness (QED) is 0.663. The van der Waals surface area contributed by atoms with Gasteiger partial charge in [0.15, 0.2) is 0 Å². The zero-order valence-corrected chi connectivity index (χ0v) is 11.0. The maximum absolute atomic E-state index is 12.8. The van der Waals surface area contributed by atoms with Crippen molar-refractivity contribution in [3.63, 3.8) is 0 Å². The lowest BCUT2D eigenvalue weighted by Crippen LogP contribution is -2.65. The largest absolute Gasteiger partial charge is 0.484 e. The average molecular weight is 294 g/mol. The smallest absolute Gasteiger partial charge is 0.449 e. The topological polar surface area (TPSA) is 0 Å². The van der Waals surface area contributed by atoms with Crippen LogP contribution in [-0.4, -0.2) is 6.98 Å². The highest BCUT2D eigenvalue weighted by Gasteiger charge is 2.73. The molecule has 0 saturated heterocycles. The lowest BCUT2D eigenvalue weighted by atomic mass is 9.23. The Balaban J connectivity index is 1.75. The van der Waals surface area contributed by atoms with Crippen LogP contribution < -0.4 is 0 Å². The highest BCUT2D eigenvalue weighted by Crippen LogP contribution is 2.83. The number of rotatable bonds is 3. The molecule has 98 valence electrons. The third kappa shape index (κ3) is 1.61. The molecule has 1 aromatic rings. The van der Waals surface area contributed by atoms with E-state index in [1.165, 1.54) is 0 Å². The second-order valence-electron chi connectivity index (χ2n) is 5.84. The predicted octanol–water partition coefficient (Wildman–Crippen LogP) is 5.31. The van der Waals surface area contributed by atoms with Crippen molar-refractivity contribution in [1.82, 2.24) is 0 Å². The van der Waals surface area contributed by atoms with Crippen molar-refractivity contribution in [2.75, 3.05) is 0 Å². The number of halogens is 5. The zero-order chi connectivity index (χ0) is 13.2. The Kier molecular flexibility index (Phi) is 2.54. The third-order valence-electron chi connectivity index (χ3n) is 4.49. The van der Waals surface area contributed by atoms with E-state index in [4.69, 9.17) is 23.2 Å². The van der Waals surface area contributed by atoms with Gasteiger partial charge < -0.3 is 12.9 Å². The van der Waals surface area contributed by atoms with Gasteiger partial charge in [0.1, 0.15) is 0 Å². The molecule has 0 radical (unpaired) electrons. The summed E-state index contributed by atoms with van der Waals surface area (Å²) in [5.74, 6) is 0. The lowest BCUT2D eigenvalue weighted by molar-refractivity contribution is -0.111. The lowest BCUT2D eigenvalue weighted by Gasteiger charge is -2.75. The van der Waals surface area contributed by atoms with Gasteiger partial charge in [-0.2, -0.15) is 0 Å². The van der Waals surface area contributed by atoms with Crippen LogP contribution in [0.3, 0.4) is 0 Å². The molecule has 0 N–H and O–H groups in total. The summed E-state index contributed by atoms with van der Waals surface area (Å²) in [7, 11) is 0. The van der Waals surface area contributed by atoms with Crippen LogP contribution in [0.2, 0.25) is 15.4 Å². The first kappa shape index (κ1) is 12.7. The van der Waals surface area contributed by atoms with Gasteiger partial charge in [0.05, 0.1) is 0 Å². The van der Waals surface area contributed by atoms with Crippen molar-refractivity contribution in [2.24, 2.45) is 5.41 Å². The molecule has 6 heteroatoms. The second kappa shape index (κ2) is 3.60. The molecule has 0 spiro atoms. The second-order valence-corrected chi connectivity index (χ2v) is 6.66. The molecule has 1 aromatic carbocycles. The van der Waals surface area contributed by atoms with E-state index in [1.54, 1.807) is 18.2 Å². The van der Waals surface area contributed by atoms with E-state index in [1.807, 2.05) is 0 Å². The number of hydrogen-bond acceptors (Lipinski definition) is 0. The molecule has 0 heterocycles. The van der Waals surface area contributed by atoms with Crippen LogP contribution in [0.15, 0.2) is 18.2 Å². The van der Waals surface area contributed by atoms with Gasteiger partial charge in [-0.05, 0) is 29.5 Å². The summed E-state index contributed by atoms with van der Waals surface area (Å²) in [6.45, 7) is -4.70. The van der Waals surface area contributed by atoms with E-state index in [9.17, 15) is 12.9 Å². The van der Waals surface area contributed by atoms with Crippen molar-refractivity contribution in [2.45, 2.75) is 31.0 Å². The summed E-state index contributed by atoms with van der Waals surface area (Å²) in [5, 5.41) is -0.231. The molecule has 0 amide bonds. The van der Waals surface area contributed by atoms with Gasteiger partial charge in [-0.25, -0.2) is 0 Å². The van der Waals surface area contributed by atoms with Gasteiger partial charge in [-0.15, -0.1) is 0 Å². The van der Waals surface area contributed by atoms with E-state index in [0.717, 1.165) is 5.56 Å². The molecule has 0 atom stereocenters. The highest BCUT2D eigenvalue weighted by molar-refractivity contribution is 6.63. The van der Waals surface area contributed by atoms with Gasteiger partial charge in [0.2, 0.25) is 0 Å². The van der Waals surface area contributed by atoms with Crippen LogP contribution in [-0.2, 0) is 6.42 Å². The summed E-state index contributed by atoms with van der Waals surface area (Å²) >= 11 is 12.1. The SMILES string of the molecule is F[B-](F)(F)C12CC(Cc3c(Cl)cccc3Cl)(C1)C2. The number of hydrogen-bond donors (Lipinski definition) is 0. The summed E-state index contributed by atoms with van der Waals surface area (Å²) in [6.07, 6.45) is 1.33. The van der Waals surface area contributed by atoms with Crippen LogP contribution in [0, 0.1) is 5.41 Å². The van der Waals surface area contributed by atoms with Gasteiger partial charge >= 0.3 is 6.98 Å². The fraction of sp³-hybridized carbons (Fsp3) is 0.500. The molecule has 18 heavy (non-hydrogen) atoms. The van der Waals surface area contributed by atoms with Gasteiger partial charge in [0.25, 0.3) is 0 Å². The van der Waals surface area contributed by atoms with E-state index < -0.39 is 12.3 Å². The van der Waals surface area contributed by atoms with Gasteiger partial charge in [0, 0.05) is 10.0 Å². The molecule has 0 aromatic heterocycles. The maximum Gasteiger partial charge on any atom is 0.484 e. The first-order valence-electron chi connectivity index (χ1n) is 5.89. The van der Waals surface area contributed by atoms with Gasteiger partial charge in [-0.3, -0.25) is 0 Å². The Morgan fingerprint density at radius 2 is 1.56 bits per heavy atom. The van der Waals surface area contributed by atoms with Crippen molar-refractivity contribution >= 4 is 30.2 Å². The molecule has 0 nitrogen and oxygen atoms in total. The van der Waals surface area contributed by atoms with E-state index in [0.29, 0.717) is 16.5 Å². The fourth-order valence-corrected chi connectivity index (χ4v) is 4.23. The fourth-order valence-electron chi connectivity index (χ4n) is 3.70. The van der Waals surface area contributed by atoms with Crippen LogP contribution in [0.1, 0.15) is 24.8 Å². The van der Waals surface area contributed by atoms with Crippen LogP contribution in [0.5, 0.6) is 0 Å². The Labute approximate surface area is 114 Å². The summed E-state index contributed by atoms with van der Waals surface area (Å²) in [5.41, 5.74) is 0.593. The molecule has 2 bridgehead atoms. The Bertz CT molecular complexity index is 473. The van der Waals surface area contributed by atoms with Crippen LogP contribution in [0.4, 0.5) is 12.9 Å². The molecular formula is C12H11BCl2F3-. The van der Waals surface area contributed by atoms with E-state index in [2.05, 4.69) is 0 Å². The molecule has 3 aliphatic rings. The molecule has 0 aliphatic heterocycles. The minimum atomic E-state index is -4.70. The average Bonchev–Trinajstić information content (AvgIpc) is 2.09. The normalized spacial score (nSPS) is 33.8. The Hall–Kier alpha value is -0.345. The predicted molar refractivity (Wildman–Crippen MR) is 68.2 cm³/mol. The first-order valence-corrected chi connectivity index (χ1v) is 6.65. The molecule has 0 unspecified atom stereocenters. The van der Waals surface area contributed by atoms with Crippen molar-refractivity contribution in [3.05, 3.63) is 33.8 Å². The summed E-state index contributed by atoms with van der Waals surface area (Å²) < 4.78 is 38.4. The standard InChI is InChI=1S/C12H11BCl2F3/c14-9-2-1-3-10(15)8(9)4-11-5-12(6-11,7-11)13(16,17)18/h1-3H,4-7H2/q-1. The first-order chi connectivity index (χ1) is 8.27. The molecule has 4 rings (SSSR count). The third-order valence-corrected chi connectivity index (χ3v) is 5.20. The minimum Gasteiger partial charge on any atom is -0.449 e. The Morgan fingerprint density at radius 3 is 2.00 bits per heavy atom. The van der Waals surface area contributed by atoms with Crippen molar-refractivity contribution in [1.29, 1.82) is 0 Å². The summed E-state index contributed by atoms with van der Waals surface area (Å²) in [4.78, 5) is 0. The maximum atomic E-state index is 12.8. The van der Waals surface area contributed by atoms with E-state index >= 15 is 0 Å². The van der Waals surface area contributed by atoms with Gasteiger partial charge in [-0.1, -0.05) is 53.8 Å². The Morgan fingerprint density at radius 1 is 1.06 bits per heavy atom. The monoisotopic (exact) mass is 293 g/mol. The molecule has 3 fully saturated rings. The molecule has 3 saturated carbocycles. The zero-order valence-electron chi connectivity index (χ0n) is 9.53. The van der Waals surface area contributed by atoms with E-state index in [-0.39, 0.29) is 24.7 Å². The minimum absolute atomic E-state index is 0.202. The highest BCUT2D eigenvalue weighted by atomic mass is 35.5.